The molecule has 0 aliphatic heterocycles. The second-order valence-electron chi connectivity index (χ2n) is 6.11. The molecular weight excluding hydrogens is 332 g/mol. The maximum Gasteiger partial charge on any atom is 0.279 e. The molecule has 1 amide bonds. The van der Waals surface area contributed by atoms with Crippen LogP contribution in [-0.2, 0) is 6.54 Å². The molecule has 0 aliphatic rings. The fraction of sp³-hybridized carbons (Fsp3) is 0.300. The van der Waals surface area contributed by atoms with E-state index in [1.807, 2.05) is 50.2 Å². The third-order valence-electron chi connectivity index (χ3n) is 4.15. The van der Waals surface area contributed by atoms with E-state index in [1.54, 1.807) is 7.11 Å². The molecule has 0 unspecified atom stereocenters. The normalized spacial score (nSPS) is 11.9. The summed E-state index contributed by atoms with van der Waals surface area (Å²) >= 11 is 1.52. The van der Waals surface area contributed by atoms with Gasteiger partial charge in [0.15, 0.2) is 4.80 Å². The number of benzene rings is 2. The van der Waals surface area contributed by atoms with E-state index in [2.05, 4.69) is 16.5 Å². The van der Waals surface area contributed by atoms with Crippen molar-refractivity contribution < 1.29 is 9.53 Å². The van der Waals surface area contributed by atoms with Crippen LogP contribution < -0.4 is 9.54 Å². The standard InChI is InChI=1S/C20H22N2O2S/c1-5-10-22-17-9-7-15(24-4)12-18(17)25-20(22)21-19(23)16-8-6-13(2)11-14(16)3/h6-9,11-12H,5,10H2,1-4H3. The lowest BCUT2D eigenvalue weighted by molar-refractivity contribution is 0.0997. The molecule has 0 spiro atoms. The average molecular weight is 354 g/mol. The number of fused-ring (bicyclic) bond motifs is 1. The quantitative estimate of drug-likeness (QED) is 0.693. The molecule has 3 rings (SSSR count). The van der Waals surface area contributed by atoms with Crippen LogP contribution >= 0.6 is 11.3 Å². The number of rotatable bonds is 4. The third-order valence-corrected chi connectivity index (χ3v) is 5.19. The van der Waals surface area contributed by atoms with Crippen molar-refractivity contribution in [3.63, 3.8) is 0 Å². The van der Waals surface area contributed by atoms with Crippen LogP contribution in [0.3, 0.4) is 0 Å². The lowest BCUT2D eigenvalue weighted by Gasteiger charge is -2.04. The second kappa shape index (κ2) is 7.23. The van der Waals surface area contributed by atoms with Gasteiger partial charge < -0.3 is 9.30 Å². The molecule has 0 saturated heterocycles. The summed E-state index contributed by atoms with van der Waals surface area (Å²) in [7, 11) is 1.66. The first kappa shape index (κ1) is 17.4. The summed E-state index contributed by atoms with van der Waals surface area (Å²) in [6, 6.07) is 11.8. The summed E-state index contributed by atoms with van der Waals surface area (Å²) in [4.78, 5) is 17.9. The second-order valence-corrected chi connectivity index (χ2v) is 7.11. The molecule has 1 aromatic heterocycles. The van der Waals surface area contributed by atoms with Gasteiger partial charge in [0.1, 0.15) is 5.75 Å². The molecule has 130 valence electrons. The molecule has 25 heavy (non-hydrogen) atoms. The number of carbonyl (C=O) groups excluding carboxylic acids is 1. The Hall–Kier alpha value is -2.40. The van der Waals surface area contributed by atoms with E-state index in [0.717, 1.165) is 44.9 Å². The van der Waals surface area contributed by atoms with Crippen molar-refractivity contribution in [1.82, 2.24) is 4.57 Å². The molecule has 0 aliphatic carbocycles. The van der Waals surface area contributed by atoms with E-state index < -0.39 is 0 Å². The van der Waals surface area contributed by atoms with Gasteiger partial charge in [0.05, 0.1) is 17.3 Å². The zero-order valence-corrected chi connectivity index (χ0v) is 15.8. The van der Waals surface area contributed by atoms with Crippen LogP contribution in [0.4, 0.5) is 0 Å². The number of amides is 1. The smallest absolute Gasteiger partial charge is 0.279 e. The first-order valence-electron chi connectivity index (χ1n) is 8.37. The predicted molar refractivity (Wildman–Crippen MR) is 102 cm³/mol. The van der Waals surface area contributed by atoms with Crippen molar-refractivity contribution in [3.05, 3.63) is 57.9 Å². The number of thiazole rings is 1. The topological polar surface area (TPSA) is 43.6 Å². The molecule has 4 nitrogen and oxygen atoms in total. The molecule has 0 fully saturated rings. The van der Waals surface area contributed by atoms with Crippen molar-refractivity contribution in [2.75, 3.05) is 7.11 Å². The molecule has 0 saturated carbocycles. The van der Waals surface area contributed by atoms with Crippen molar-refractivity contribution in [3.8, 4) is 5.75 Å². The van der Waals surface area contributed by atoms with Gasteiger partial charge in [-0.2, -0.15) is 4.99 Å². The van der Waals surface area contributed by atoms with Crippen LogP contribution in [0.2, 0.25) is 0 Å². The van der Waals surface area contributed by atoms with E-state index in [4.69, 9.17) is 4.74 Å². The number of hydrogen-bond acceptors (Lipinski definition) is 3. The lowest BCUT2D eigenvalue weighted by atomic mass is 10.1. The van der Waals surface area contributed by atoms with Gasteiger partial charge in [-0.05, 0) is 50.1 Å². The predicted octanol–water partition coefficient (Wildman–Crippen LogP) is 4.48. The summed E-state index contributed by atoms with van der Waals surface area (Å²) < 4.78 is 8.49. The molecule has 5 heteroatoms. The maximum absolute atomic E-state index is 12.7. The Kier molecular flexibility index (Phi) is 5.04. The van der Waals surface area contributed by atoms with Gasteiger partial charge in [0.2, 0.25) is 0 Å². The van der Waals surface area contributed by atoms with Crippen molar-refractivity contribution in [1.29, 1.82) is 0 Å². The molecule has 3 aromatic rings. The van der Waals surface area contributed by atoms with Gasteiger partial charge in [0.25, 0.3) is 5.91 Å². The van der Waals surface area contributed by atoms with Crippen LogP contribution in [0.5, 0.6) is 5.75 Å². The minimum Gasteiger partial charge on any atom is -0.497 e. The fourth-order valence-electron chi connectivity index (χ4n) is 2.91. The Bertz CT molecular complexity index is 999. The Morgan fingerprint density at radius 3 is 2.68 bits per heavy atom. The zero-order chi connectivity index (χ0) is 18.0. The van der Waals surface area contributed by atoms with Gasteiger partial charge in [-0.15, -0.1) is 0 Å². The summed E-state index contributed by atoms with van der Waals surface area (Å²) in [5, 5.41) is 0. The number of methoxy groups -OCH3 is 1. The minimum atomic E-state index is -0.194. The SMILES string of the molecule is CCCn1c(=NC(=O)c2ccc(C)cc2C)sc2cc(OC)ccc21. The van der Waals surface area contributed by atoms with E-state index >= 15 is 0 Å². The molecule has 0 bridgehead atoms. The van der Waals surface area contributed by atoms with E-state index in [-0.39, 0.29) is 5.91 Å². The van der Waals surface area contributed by atoms with Gasteiger partial charge >= 0.3 is 0 Å². The minimum absolute atomic E-state index is 0.194. The number of nitrogens with zero attached hydrogens (tertiary/aromatic N) is 2. The number of ether oxygens (including phenoxy) is 1. The highest BCUT2D eigenvalue weighted by molar-refractivity contribution is 7.16. The van der Waals surface area contributed by atoms with Gasteiger partial charge in [0, 0.05) is 12.1 Å². The van der Waals surface area contributed by atoms with Gasteiger partial charge in [-0.1, -0.05) is 36.0 Å². The Labute approximate surface area is 151 Å². The zero-order valence-electron chi connectivity index (χ0n) is 15.0. The molecule has 1 heterocycles. The highest BCUT2D eigenvalue weighted by atomic mass is 32.1. The largest absolute Gasteiger partial charge is 0.497 e. The monoisotopic (exact) mass is 354 g/mol. The Balaban J connectivity index is 2.14. The molecule has 2 aromatic carbocycles. The fourth-order valence-corrected chi connectivity index (χ4v) is 3.99. The highest BCUT2D eigenvalue weighted by Crippen LogP contribution is 2.23. The molecule has 0 N–H and O–H groups in total. The van der Waals surface area contributed by atoms with E-state index in [1.165, 1.54) is 11.3 Å². The summed E-state index contributed by atoms with van der Waals surface area (Å²) in [6.45, 7) is 6.92. The third kappa shape index (κ3) is 3.51. The number of aryl methyl sites for hydroxylation is 3. The molecular formula is C20H22N2O2S. The Morgan fingerprint density at radius 2 is 2.00 bits per heavy atom. The van der Waals surface area contributed by atoms with Crippen molar-refractivity contribution in [2.45, 2.75) is 33.7 Å². The van der Waals surface area contributed by atoms with E-state index in [0.29, 0.717) is 5.56 Å². The van der Waals surface area contributed by atoms with Crippen LogP contribution in [0.15, 0.2) is 41.4 Å². The first-order valence-corrected chi connectivity index (χ1v) is 9.19. The lowest BCUT2D eigenvalue weighted by Crippen LogP contribution is -2.17. The van der Waals surface area contributed by atoms with Crippen LogP contribution in [-0.4, -0.2) is 17.6 Å². The molecule has 0 atom stereocenters. The van der Waals surface area contributed by atoms with Crippen LogP contribution in [0.25, 0.3) is 10.2 Å². The number of aromatic nitrogens is 1. The van der Waals surface area contributed by atoms with Crippen LogP contribution in [0.1, 0.15) is 34.8 Å². The Morgan fingerprint density at radius 1 is 1.20 bits per heavy atom. The van der Waals surface area contributed by atoms with Crippen molar-refractivity contribution >= 4 is 27.5 Å². The van der Waals surface area contributed by atoms with E-state index in [9.17, 15) is 4.79 Å². The van der Waals surface area contributed by atoms with Gasteiger partial charge in [-0.3, -0.25) is 4.79 Å². The van der Waals surface area contributed by atoms with Crippen LogP contribution in [0, 0.1) is 13.8 Å². The summed E-state index contributed by atoms with van der Waals surface area (Å²) in [6.07, 6.45) is 0.975. The van der Waals surface area contributed by atoms with Crippen molar-refractivity contribution in [2.24, 2.45) is 4.99 Å². The number of carbonyl (C=O) groups is 1. The number of hydrogen-bond donors (Lipinski definition) is 0. The van der Waals surface area contributed by atoms with Gasteiger partial charge in [-0.25, -0.2) is 0 Å². The maximum atomic E-state index is 12.7. The average Bonchev–Trinajstić information content (AvgIpc) is 2.91. The highest BCUT2D eigenvalue weighted by Gasteiger charge is 2.11. The summed E-state index contributed by atoms with van der Waals surface area (Å²) in [5.41, 5.74) is 3.84. The first-order chi connectivity index (χ1) is 12.0. The molecule has 0 radical (unpaired) electrons. The summed E-state index contributed by atoms with van der Waals surface area (Å²) in [5.74, 6) is 0.616.